The average Bonchev–Trinajstić information content (AvgIpc) is 2.74. The van der Waals surface area contributed by atoms with Crippen LogP contribution in [0.4, 0.5) is 0 Å². The zero-order valence-electron chi connectivity index (χ0n) is 11.5. The normalized spacial score (nSPS) is 32.7. The Balaban J connectivity index is 2.15. The Bertz CT molecular complexity index is 386. The van der Waals surface area contributed by atoms with Crippen molar-refractivity contribution < 1.29 is 4.42 Å². The molecule has 1 fully saturated rings. The summed E-state index contributed by atoms with van der Waals surface area (Å²) in [5.74, 6) is 3.07. The summed E-state index contributed by atoms with van der Waals surface area (Å²) in [7, 11) is 0. The Hall–Kier alpha value is -0.980. The van der Waals surface area contributed by atoms with Crippen molar-refractivity contribution in [2.45, 2.75) is 40.5 Å². The summed E-state index contributed by atoms with van der Waals surface area (Å²) >= 11 is 0. The highest BCUT2D eigenvalue weighted by Crippen LogP contribution is 2.49. The maximum absolute atomic E-state index is 5.48. The third-order valence-corrected chi connectivity index (χ3v) is 4.86. The van der Waals surface area contributed by atoms with E-state index in [0.717, 1.165) is 24.5 Å². The highest BCUT2D eigenvalue weighted by Gasteiger charge is 2.40. The van der Waals surface area contributed by atoms with Crippen LogP contribution < -0.4 is 0 Å². The molecular formula is C16H24O. The summed E-state index contributed by atoms with van der Waals surface area (Å²) < 4.78 is 5.48. The van der Waals surface area contributed by atoms with Crippen LogP contribution in [0.15, 0.2) is 35.0 Å². The van der Waals surface area contributed by atoms with Crippen molar-refractivity contribution in [2.24, 2.45) is 23.2 Å². The maximum Gasteiger partial charge on any atom is 0.104 e. The fourth-order valence-corrected chi connectivity index (χ4v) is 3.28. The van der Waals surface area contributed by atoms with Gasteiger partial charge in [-0.3, -0.25) is 0 Å². The minimum absolute atomic E-state index is 0.385. The highest BCUT2D eigenvalue weighted by atomic mass is 16.3. The Labute approximate surface area is 105 Å². The first kappa shape index (κ1) is 12.5. The fraction of sp³-hybridized carbons (Fsp3) is 0.625. The van der Waals surface area contributed by atoms with Gasteiger partial charge in [0.25, 0.3) is 0 Å². The number of furan rings is 1. The molecule has 1 heterocycles. The number of rotatable bonds is 2. The van der Waals surface area contributed by atoms with Crippen LogP contribution in [0.2, 0.25) is 0 Å². The van der Waals surface area contributed by atoms with Gasteiger partial charge in [-0.2, -0.15) is 0 Å². The van der Waals surface area contributed by atoms with Crippen molar-refractivity contribution in [1.82, 2.24) is 0 Å². The van der Waals surface area contributed by atoms with E-state index in [2.05, 4.69) is 40.3 Å². The molecule has 1 aliphatic rings. The lowest BCUT2D eigenvalue weighted by Gasteiger charge is -2.46. The second-order valence-corrected chi connectivity index (χ2v) is 6.36. The van der Waals surface area contributed by atoms with E-state index in [0.29, 0.717) is 17.3 Å². The van der Waals surface area contributed by atoms with E-state index in [1.807, 2.05) is 6.07 Å². The van der Waals surface area contributed by atoms with Gasteiger partial charge in [0.05, 0.1) is 6.26 Å². The molecule has 2 rings (SSSR count). The van der Waals surface area contributed by atoms with Crippen molar-refractivity contribution in [2.75, 3.05) is 0 Å². The van der Waals surface area contributed by atoms with Gasteiger partial charge >= 0.3 is 0 Å². The molecule has 17 heavy (non-hydrogen) atoms. The smallest absolute Gasteiger partial charge is 0.104 e. The molecule has 1 nitrogen and oxygen atoms in total. The molecule has 3 unspecified atom stereocenters. The van der Waals surface area contributed by atoms with Crippen LogP contribution in [0.3, 0.4) is 0 Å². The molecule has 1 aromatic rings. The molecule has 0 saturated heterocycles. The molecule has 3 atom stereocenters. The highest BCUT2D eigenvalue weighted by molar-refractivity contribution is 5.15. The summed E-state index contributed by atoms with van der Waals surface area (Å²) in [4.78, 5) is 0. The maximum atomic E-state index is 5.48. The zero-order chi connectivity index (χ0) is 12.6. The lowest BCUT2D eigenvalue weighted by atomic mass is 9.59. The minimum atomic E-state index is 0.385. The topological polar surface area (TPSA) is 13.1 Å². The molecule has 0 aliphatic heterocycles. The third-order valence-electron chi connectivity index (χ3n) is 4.86. The first-order valence-electron chi connectivity index (χ1n) is 6.62. The van der Waals surface area contributed by atoms with Gasteiger partial charge in [0.2, 0.25) is 0 Å². The summed E-state index contributed by atoms with van der Waals surface area (Å²) in [6.45, 7) is 13.8. The van der Waals surface area contributed by atoms with Crippen molar-refractivity contribution in [1.29, 1.82) is 0 Å². The van der Waals surface area contributed by atoms with Gasteiger partial charge in [-0.15, -0.1) is 0 Å². The lowest BCUT2D eigenvalue weighted by molar-refractivity contribution is 0.0898. The van der Waals surface area contributed by atoms with Crippen LogP contribution in [0.1, 0.15) is 39.9 Å². The standard InChI is InChI=1S/C16H24O/c1-11-10-16(4,5)13(3)12(2)15(11)9-14-7-6-8-17-14/h6-8,12-13,15H,1,9-10H2,2-5H3. The van der Waals surface area contributed by atoms with Gasteiger partial charge in [-0.05, 0) is 41.7 Å². The van der Waals surface area contributed by atoms with Gasteiger partial charge in [-0.25, -0.2) is 0 Å². The number of allylic oxidation sites excluding steroid dienone is 1. The summed E-state index contributed by atoms with van der Waals surface area (Å²) in [6, 6.07) is 4.05. The number of hydrogen-bond donors (Lipinski definition) is 0. The molecule has 0 amide bonds. The van der Waals surface area contributed by atoms with E-state index >= 15 is 0 Å². The summed E-state index contributed by atoms with van der Waals surface area (Å²) in [5, 5.41) is 0. The Morgan fingerprint density at radius 1 is 1.41 bits per heavy atom. The zero-order valence-corrected chi connectivity index (χ0v) is 11.5. The molecule has 94 valence electrons. The molecule has 1 heteroatoms. The first-order valence-corrected chi connectivity index (χ1v) is 6.62. The van der Waals surface area contributed by atoms with Gasteiger partial charge in [0, 0.05) is 6.42 Å². The van der Waals surface area contributed by atoms with Gasteiger partial charge < -0.3 is 4.42 Å². The van der Waals surface area contributed by atoms with Crippen LogP contribution >= 0.6 is 0 Å². The Morgan fingerprint density at radius 2 is 2.12 bits per heavy atom. The predicted octanol–water partition coefficient (Wildman–Crippen LogP) is 4.70. The van der Waals surface area contributed by atoms with Crippen molar-refractivity contribution in [3.8, 4) is 0 Å². The minimum Gasteiger partial charge on any atom is -0.469 e. The van der Waals surface area contributed by atoms with E-state index < -0.39 is 0 Å². The van der Waals surface area contributed by atoms with Crippen LogP contribution in [0.5, 0.6) is 0 Å². The third kappa shape index (κ3) is 2.34. The predicted molar refractivity (Wildman–Crippen MR) is 71.8 cm³/mol. The van der Waals surface area contributed by atoms with Crippen molar-refractivity contribution in [3.63, 3.8) is 0 Å². The average molecular weight is 232 g/mol. The number of hydrogen-bond acceptors (Lipinski definition) is 1. The van der Waals surface area contributed by atoms with Gasteiger partial charge in [-0.1, -0.05) is 39.8 Å². The quantitative estimate of drug-likeness (QED) is 0.674. The Morgan fingerprint density at radius 3 is 2.71 bits per heavy atom. The van der Waals surface area contributed by atoms with Gasteiger partial charge in [0.1, 0.15) is 5.76 Å². The molecule has 1 saturated carbocycles. The van der Waals surface area contributed by atoms with E-state index in [4.69, 9.17) is 4.42 Å². The molecule has 1 aromatic heterocycles. The van der Waals surface area contributed by atoms with Crippen LogP contribution in [0, 0.1) is 23.2 Å². The van der Waals surface area contributed by atoms with Crippen molar-refractivity contribution >= 4 is 0 Å². The van der Waals surface area contributed by atoms with Gasteiger partial charge in [0.15, 0.2) is 0 Å². The van der Waals surface area contributed by atoms with E-state index in [1.54, 1.807) is 6.26 Å². The van der Waals surface area contributed by atoms with E-state index in [9.17, 15) is 0 Å². The SMILES string of the molecule is C=C1CC(C)(C)C(C)C(C)C1Cc1ccco1. The molecular weight excluding hydrogens is 208 g/mol. The molecule has 0 bridgehead atoms. The monoisotopic (exact) mass is 232 g/mol. The largest absolute Gasteiger partial charge is 0.469 e. The molecule has 0 radical (unpaired) electrons. The first-order chi connectivity index (χ1) is 7.92. The summed E-state index contributed by atoms with van der Waals surface area (Å²) in [5.41, 5.74) is 1.79. The van der Waals surface area contributed by atoms with Crippen molar-refractivity contribution in [3.05, 3.63) is 36.3 Å². The lowest BCUT2D eigenvalue weighted by Crippen LogP contribution is -2.38. The summed E-state index contributed by atoms with van der Waals surface area (Å²) in [6.07, 6.45) is 3.91. The van der Waals surface area contributed by atoms with Crippen LogP contribution in [-0.2, 0) is 6.42 Å². The molecule has 1 aliphatic carbocycles. The van der Waals surface area contributed by atoms with E-state index in [-0.39, 0.29) is 0 Å². The fourth-order valence-electron chi connectivity index (χ4n) is 3.28. The molecule has 0 N–H and O–H groups in total. The Kier molecular flexibility index (Phi) is 3.20. The molecule has 0 spiro atoms. The van der Waals surface area contributed by atoms with Crippen LogP contribution in [0.25, 0.3) is 0 Å². The second kappa shape index (κ2) is 4.36. The molecule has 0 aromatic carbocycles. The van der Waals surface area contributed by atoms with E-state index in [1.165, 1.54) is 5.57 Å². The van der Waals surface area contributed by atoms with Crippen LogP contribution in [-0.4, -0.2) is 0 Å². The second-order valence-electron chi connectivity index (χ2n) is 6.36.